The molecule has 0 aliphatic carbocycles. The average Bonchev–Trinajstić information content (AvgIpc) is 3.06. The lowest BCUT2D eigenvalue weighted by atomic mass is 10.2. The van der Waals surface area contributed by atoms with Crippen molar-refractivity contribution in [3.8, 4) is 0 Å². The summed E-state index contributed by atoms with van der Waals surface area (Å²) in [6.07, 6.45) is 0. The summed E-state index contributed by atoms with van der Waals surface area (Å²) in [6, 6.07) is 13.0. The van der Waals surface area contributed by atoms with Crippen molar-refractivity contribution < 1.29 is 14.1 Å². The van der Waals surface area contributed by atoms with Gasteiger partial charge in [-0.1, -0.05) is 35.1 Å². The van der Waals surface area contributed by atoms with Crippen molar-refractivity contribution in [3.63, 3.8) is 0 Å². The van der Waals surface area contributed by atoms with E-state index >= 15 is 0 Å². The van der Waals surface area contributed by atoms with Crippen LogP contribution in [0.25, 0.3) is 10.2 Å². The molecule has 0 fully saturated rings. The van der Waals surface area contributed by atoms with Crippen LogP contribution in [0.4, 0.5) is 9.52 Å². The molecule has 0 saturated heterocycles. The van der Waals surface area contributed by atoms with E-state index in [1.807, 2.05) is 51.4 Å². The smallest absolute Gasteiger partial charge is 0.239 e. The molecule has 1 aromatic heterocycles. The van der Waals surface area contributed by atoms with Gasteiger partial charge in [-0.3, -0.25) is 9.69 Å². The molecule has 0 spiro atoms. The normalized spacial score (nSPS) is 11.3. The first-order chi connectivity index (χ1) is 12.9. The van der Waals surface area contributed by atoms with Crippen LogP contribution in [0.2, 0.25) is 0 Å². The molecule has 0 radical (unpaired) electrons. The number of fused-ring (bicyclic) bond motifs is 1. The molecule has 2 aromatic carbocycles. The number of likely N-dealkylation sites (N-methyl/N-ethyl adjacent to an activating group) is 1. The standard InChI is InChI=1S/C20H22FN3OS2/c1-14-7-9-15(10-8-14)26-13-18(25)24(12-11-23(2)3)20-22-19-16(21)5-4-6-17(19)27-20/h4-10H,11-13H2,1-3H3/p+1. The number of nitrogens with zero attached hydrogens (tertiary/aromatic N) is 2. The number of benzene rings is 2. The Bertz CT molecular complexity index is 925. The maximum Gasteiger partial charge on any atom is 0.239 e. The van der Waals surface area contributed by atoms with Gasteiger partial charge in [0, 0.05) is 4.90 Å². The number of quaternary nitrogens is 1. The number of anilines is 1. The zero-order valence-electron chi connectivity index (χ0n) is 15.7. The number of nitrogens with one attached hydrogen (secondary N) is 1. The van der Waals surface area contributed by atoms with E-state index in [1.165, 1.54) is 39.6 Å². The number of para-hydroxylation sites is 1. The average molecular weight is 405 g/mol. The number of carbonyl (C=O) groups excluding carboxylic acids is 1. The molecule has 0 atom stereocenters. The van der Waals surface area contributed by atoms with E-state index in [1.54, 1.807) is 11.0 Å². The third kappa shape index (κ3) is 5.06. The number of hydrogen-bond acceptors (Lipinski definition) is 4. The summed E-state index contributed by atoms with van der Waals surface area (Å²) < 4.78 is 14.8. The van der Waals surface area contributed by atoms with Crippen molar-refractivity contribution >= 4 is 44.4 Å². The van der Waals surface area contributed by atoms with Crippen LogP contribution in [0.1, 0.15) is 5.56 Å². The van der Waals surface area contributed by atoms with Gasteiger partial charge >= 0.3 is 0 Å². The number of rotatable bonds is 7. The molecule has 3 aromatic rings. The molecule has 0 aliphatic heterocycles. The minimum atomic E-state index is -0.352. The third-order valence-corrected chi connectivity index (χ3v) is 6.15. The zero-order valence-corrected chi connectivity index (χ0v) is 17.3. The summed E-state index contributed by atoms with van der Waals surface area (Å²) in [4.78, 5) is 21.3. The van der Waals surface area contributed by atoms with Gasteiger partial charge in [-0.25, -0.2) is 9.37 Å². The SMILES string of the molecule is Cc1ccc(SCC(=O)N(CC[NH+](C)C)c2nc3c(F)cccc3s2)cc1. The molecule has 0 unspecified atom stereocenters. The first-order valence-corrected chi connectivity index (χ1v) is 10.6. The minimum absolute atomic E-state index is 0.0127. The van der Waals surface area contributed by atoms with E-state index in [9.17, 15) is 9.18 Å². The Kier molecular flexibility index (Phi) is 6.46. The predicted octanol–water partition coefficient (Wildman–Crippen LogP) is 3.01. The summed E-state index contributed by atoms with van der Waals surface area (Å²) in [6.45, 7) is 3.38. The van der Waals surface area contributed by atoms with Crippen LogP contribution in [0, 0.1) is 12.7 Å². The van der Waals surface area contributed by atoms with Crippen LogP contribution >= 0.6 is 23.1 Å². The molecule has 0 saturated carbocycles. The van der Waals surface area contributed by atoms with Gasteiger partial charge < -0.3 is 4.90 Å². The highest BCUT2D eigenvalue weighted by Crippen LogP contribution is 2.31. The van der Waals surface area contributed by atoms with Gasteiger partial charge in [0.05, 0.1) is 37.6 Å². The Hall–Kier alpha value is -1.96. The van der Waals surface area contributed by atoms with Gasteiger partial charge in [-0.05, 0) is 31.2 Å². The van der Waals surface area contributed by atoms with Crippen LogP contribution < -0.4 is 9.80 Å². The fourth-order valence-electron chi connectivity index (χ4n) is 2.54. The topological polar surface area (TPSA) is 37.6 Å². The van der Waals surface area contributed by atoms with E-state index in [0.29, 0.717) is 22.9 Å². The van der Waals surface area contributed by atoms with E-state index in [0.717, 1.165) is 16.1 Å². The quantitative estimate of drug-likeness (QED) is 0.615. The number of amides is 1. The van der Waals surface area contributed by atoms with Crippen LogP contribution in [0.3, 0.4) is 0 Å². The number of aryl methyl sites for hydroxylation is 1. The third-order valence-electron chi connectivity index (χ3n) is 4.11. The van der Waals surface area contributed by atoms with Gasteiger partial charge in [0.2, 0.25) is 5.91 Å². The monoisotopic (exact) mass is 404 g/mol. The van der Waals surface area contributed by atoms with Crippen LogP contribution in [-0.4, -0.2) is 43.8 Å². The largest absolute Gasteiger partial charge is 0.338 e. The number of carbonyl (C=O) groups is 1. The Morgan fingerprint density at radius 3 is 2.63 bits per heavy atom. The molecule has 27 heavy (non-hydrogen) atoms. The molecule has 3 rings (SSSR count). The van der Waals surface area contributed by atoms with Crippen molar-refractivity contribution in [1.29, 1.82) is 0 Å². The minimum Gasteiger partial charge on any atom is -0.338 e. The molecule has 1 heterocycles. The van der Waals surface area contributed by atoms with Crippen molar-refractivity contribution in [2.75, 3.05) is 37.8 Å². The summed E-state index contributed by atoms with van der Waals surface area (Å²) in [5.74, 6) is -0.0412. The molecule has 142 valence electrons. The van der Waals surface area contributed by atoms with Crippen molar-refractivity contribution in [2.45, 2.75) is 11.8 Å². The second-order valence-electron chi connectivity index (χ2n) is 6.69. The van der Waals surface area contributed by atoms with Gasteiger partial charge in [0.25, 0.3) is 0 Å². The maximum absolute atomic E-state index is 14.0. The second kappa shape index (κ2) is 8.82. The van der Waals surface area contributed by atoms with Crippen molar-refractivity contribution in [1.82, 2.24) is 4.98 Å². The highest BCUT2D eigenvalue weighted by molar-refractivity contribution is 8.00. The zero-order chi connectivity index (χ0) is 19.4. The molecule has 1 amide bonds. The number of thioether (sulfide) groups is 1. The Morgan fingerprint density at radius 2 is 1.96 bits per heavy atom. The van der Waals surface area contributed by atoms with Gasteiger partial charge in [-0.15, -0.1) is 11.8 Å². The summed E-state index contributed by atoms with van der Waals surface area (Å²) in [5.41, 5.74) is 1.52. The number of halogens is 1. The number of hydrogen-bond donors (Lipinski definition) is 1. The highest BCUT2D eigenvalue weighted by Gasteiger charge is 2.21. The van der Waals surface area contributed by atoms with Gasteiger partial charge in [-0.2, -0.15) is 0 Å². The fourth-order valence-corrected chi connectivity index (χ4v) is 4.34. The van der Waals surface area contributed by atoms with E-state index in [2.05, 4.69) is 4.98 Å². The molecule has 7 heteroatoms. The lowest BCUT2D eigenvalue weighted by Crippen LogP contribution is -3.06. The van der Waals surface area contributed by atoms with Crippen LogP contribution in [-0.2, 0) is 4.79 Å². The molecule has 1 N–H and O–H groups in total. The first kappa shape index (κ1) is 19.8. The highest BCUT2D eigenvalue weighted by atomic mass is 32.2. The van der Waals surface area contributed by atoms with E-state index in [4.69, 9.17) is 0 Å². The molecular formula is C20H23FN3OS2+. The summed E-state index contributed by atoms with van der Waals surface area (Å²) >= 11 is 2.87. The predicted molar refractivity (Wildman–Crippen MR) is 112 cm³/mol. The fraction of sp³-hybridized carbons (Fsp3) is 0.300. The summed E-state index contributed by atoms with van der Waals surface area (Å²) in [5, 5.41) is 0.561. The van der Waals surface area contributed by atoms with E-state index < -0.39 is 0 Å². The molecule has 0 bridgehead atoms. The van der Waals surface area contributed by atoms with Crippen LogP contribution in [0.5, 0.6) is 0 Å². The van der Waals surface area contributed by atoms with Gasteiger partial charge in [0.1, 0.15) is 11.3 Å². The number of aromatic nitrogens is 1. The Balaban J connectivity index is 1.79. The molecule has 0 aliphatic rings. The van der Waals surface area contributed by atoms with E-state index in [-0.39, 0.29) is 11.7 Å². The first-order valence-electron chi connectivity index (χ1n) is 8.78. The van der Waals surface area contributed by atoms with Crippen LogP contribution in [0.15, 0.2) is 47.4 Å². The van der Waals surface area contributed by atoms with Crippen molar-refractivity contribution in [2.24, 2.45) is 0 Å². The summed E-state index contributed by atoms with van der Waals surface area (Å²) in [7, 11) is 4.09. The van der Waals surface area contributed by atoms with Crippen molar-refractivity contribution in [3.05, 3.63) is 53.8 Å². The maximum atomic E-state index is 14.0. The lowest BCUT2D eigenvalue weighted by molar-refractivity contribution is -0.856. The Labute approximate surface area is 167 Å². The lowest BCUT2D eigenvalue weighted by Gasteiger charge is -2.20. The molecule has 4 nitrogen and oxygen atoms in total. The second-order valence-corrected chi connectivity index (χ2v) is 8.75. The van der Waals surface area contributed by atoms with Gasteiger partial charge in [0.15, 0.2) is 5.13 Å². The Morgan fingerprint density at radius 1 is 1.22 bits per heavy atom. The number of thiazole rings is 1. The molecular weight excluding hydrogens is 381 g/mol.